The van der Waals surface area contributed by atoms with E-state index in [1.165, 1.54) is 0 Å². The van der Waals surface area contributed by atoms with Crippen molar-refractivity contribution in [3.8, 4) is 0 Å². The van der Waals surface area contributed by atoms with E-state index in [0.29, 0.717) is 38.8 Å². The molecule has 0 spiro atoms. The molecular formula is C34H52N8O4S. The van der Waals surface area contributed by atoms with Gasteiger partial charge in [0.1, 0.15) is 24.4 Å². The van der Waals surface area contributed by atoms with E-state index in [0.717, 1.165) is 29.1 Å². The lowest BCUT2D eigenvalue weighted by atomic mass is 10.00. The molecule has 0 radical (unpaired) electrons. The Balaban J connectivity index is 1.76. The number of hydrogen-bond acceptors (Lipinski definition) is 9. The van der Waals surface area contributed by atoms with Gasteiger partial charge in [-0.2, -0.15) is 11.8 Å². The number of hydrogen-bond donors (Lipinski definition) is 7. The molecule has 4 atom stereocenters. The van der Waals surface area contributed by atoms with Crippen LogP contribution >= 0.6 is 11.8 Å². The maximum Gasteiger partial charge on any atom is 0.246 e. The first-order valence-corrected chi connectivity index (χ1v) is 17.5. The molecule has 2 aromatic rings. The van der Waals surface area contributed by atoms with Gasteiger partial charge in [-0.05, 0) is 54.9 Å². The van der Waals surface area contributed by atoms with Crippen molar-refractivity contribution in [1.29, 1.82) is 0 Å². The molecule has 47 heavy (non-hydrogen) atoms. The van der Waals surface area contributed by atoms with E-state index < -0.39 is 48.2 Å². The fourth-order valence-electron chi connectivity index (χ4n) is 5.35. The van der Waals surface area contributed by atoms with Crippen molar-refractivity contribution in [3.05, 3.63) is 71.8 Å². The van der Waals surface area contributed by atoms with E-state index in [4.69, 9.17) is 17.2 Å². The molecule has 1 heterocycles. The summed E-state index contributed by atoms with van der Waals surface area (Å²) >= 11 is 1.79. The van der Waals surface area contributed by atoms with Crippen LogP contribution in [0.1, 0.15) is 44.2 Å². The number of rotatable bonds is 17. The number of benzene rings is 2. The molecule has 1 aliphatic rings. The van der Waals surface area contributed by atoms with Crippen molar-refractivity contribution in [2.24, 2.45) is 23.1 Å². The normalized spacial score (nSPS) is 16.1. The van der Waals surface area contributed by atoms with Crippen LogP contribution in [0.5, 0.6) is 0 Å². The number of nitrogens with one attached hydrogen (secondary N) is 4. The topological polar surface area (TPSA) is 198 Å². The molecule has 1 aliphatic heterocycles. The predicted molar refractivity (Wildman–Crippen MR) is 187 cm³/mol. The molecule has 258 valence electrons. The number of carbonyl (C=O) groups excluding carboxylic acids is 4. The third kappa shape index (κ3) is 13.6. The van der Waals surface area contributed by atoms with Crippen LogP contribution in [-0.4, -0.2) is 90.1 Å². The number of nitrogens with two attached hydrogens (primary N) is 3. The van der Waals surface area contributed by atoms with Crippen molar-refractivity contribution >= 4 is 35.4 Å². The molecule has 0 bridgehead atoms. The first kappa shape index (κ1) is 38.0. The lowest BCUT2D eigenvalue weighted by molar-refractivity contribution is -0.137. The summed E-state index contributed by atoms with van der Waals surface area (Å²) in [6.07, 6.45) is 1.42. The first-order valence-electron chi connectivity index (χ1n) is 16.4. The minimum Gasteiger partial charge on any atom is -0.343 e. The second-order valence-electron chi connectivity index (χ2n) is 12.4. The highest BCUT2D eigenvalue weighted by molar-refractivity contribution is 7.99. The van der Waals surface area contributed by atoms with Crippen LogP contribution in [-0.2, 0) is 32.0 Å². The molecule has 2 aromatic carbocycles. The van der Waals surface area contributed by atoms with Gasteiger partial charge in [-0.25, -0.2) is 0 Å². The number of aryl methyl sites for hydroxylation is 1. The minimum atomic E-state index is -0.960. The van der Waals surface area contributed by atoms with Gasteiger partial charge in [-0.15, -0.1) is 0 Å². The van der Waals surface area contributed by atoms with Crippen LogP contribution in [0.4, 0.5) is 0 Å². The highest BCUT2D eigenvalue weighted by Gasteiger charge is 2.32. The van der Waals surface area contributed by atoms with Crippen LogP contribution in [0.2, 0.25) is 0 Å². The lowest BCUT2D eigenvalue weighted by Crippen LogP contribution is -2.61. The second-order valence-corrected chi connectivity index (χ2v) is 13.6. The van der Waals surface area contributed by atoms with E-state index in [2.05, 4.69) is 21.3 Å². The summed E-state index contributed by atoms with van der Waals surface area (Å²) in [7, 11) is 0. The van der Waals surface area contributed by atoms with E-state index in [-0.39, 0.29) is 18.4 Å². The zero-order valence-electron chi connectivity index (χ0n) is 27.5. The maximum atomic E-state index is 13.8. The fraction of sp³-hybridized carbons (Fsp3) is 0.529. The monoisotopic (exact) mass is 668 g/mol. The molecule has 0 aromatic heterocycles. The molecule has 3 rings (SSSR count). The Kier molecular flexibility index (Phi) is 16.2. The second kappa shape index (κ2) is 20.0. The van der Waals surface area contributed by atoms with Crippen molar-refractivity contribution in [2.75, 3.05) is 31.1 Å². The van der Waals surface area contributed by atoms with Gasteiger partial charge in [0.15, 0.2) is 0 Å². The molecule has 4 amide bonds. The summed E-state index contributed by atoms with van der Waals surface area (Å²) in [5.74, 6) is 0.116. The Morgan fingerprint density at radius 2 is 1.36 bits per heavy atom. The molecule has 12 nitrogen and oxygen atoms in total. The van der Waals surface area contributed by atoms with Crippen LogP contribution in [0, 0.1) is 5.92 Å². The Hall–Kier alpha value is -3.49. The largest absolute Gasteiger partial charge is 0.343 e. The Morgan fingerprint density at radius 1 is 0.766 bits per heavy atom. The predicted octanol–water partition coefficient (Wildman–Crippen LogP) is 0.446. The number of nitrogens with zero attached hydrogens (tertiary/aromatic N) is 1. The zero-order chi connectivity index (χ0) is 34.2. The summed E-state index contributed by atoms with van der Waals surface area (Å²) in [6, 6.07) is 15.4. The minimum absolute atomic E-state index is 0.0310. The molecule has 0 unspecified atom stereocenters. The summed E-state index contributed by atoms with van der Waals surface area (Å²) < 4.78 is 0. The van der Waals surface area contributed by atoms with Crippen molar-refractivity contribution in [2.45, 2.75) is 76.4 Å². The highest BCUT2D eigenvalue weighted by atomic mass is 32.2. The summed E-state index contributed by atoms with van der Waals surface area (Å²) in [5, 5.41) is 11.4. The van der Waals surface area contributed by atoms with Crippen LogP contribution in [0.25, 0.3) is 0 Å². The van der Waals surface area contributed by atoms with Crippen molar-refractivity contribution < 1.29 is 19.2 Å². The number of amides is 4. The average molecular weight is 669 g/mol. The molecule has 0 aliphatic carbocycles. The number of thioether (sulfide) groups is 1. The first-order chi connectivity index (χ1) is 22.5. The van der Waals surface area contributed by atoms with Crippen LogP contribution in [0.15, 0.2) is 60.7 Å². The molecule has 10 N–H and O–H groups in total. The fourth-order valence-corrected chi connectivity index (χ4v) is 6.24. The van der Waals surface area contributed by atoms with E-state index in [1.807, 2.05) is 74.5 Å². The molecule has 13 heteroatoms. The zero-order valence-corrected chi connectivity index (χ0v) is 28.3. The van der Waals surface area contributed by atoms with Crippen molar-refractivity contribution in [1.82, 2.24) is 26.2 Å². The van der Waals surface area contributed by atoms with Gasteiger partial charge >= 0.3 is 0 Å². The van der Waals surface area contributed by atoms with Crippen molar-refractivity contribution in [3.63, 3.8) is 0 Å². The third-order valence-electron chi connectivity index (χ3n) is 7.88. The van der Waals surface area contributed by atoms with Gasteiger partial charge < -0.3 is 38.1 Å². The Morgan fingerprint density at radius 3 is 2.00 bits per heavy atom. The average Bonchev–Trinajstić information content (AvgIpc) is 3.34. The van der Waals surface area contributed by atoms with E-state index >= 15 is 0 Å². The van der Waals surface area contributed by atoms with Gasteiger partial charge in [-0.1, -0.05) is 74.5 Å². The third-order valence-corrected chi connectivity index (χ3v) is 8.93. The Labute approximate surface area is 282 Å². The SMILES string of the molecule is CC(C)C[C@@H](NC(=O)[C@@H](CCc1ccccc1)NC(=O)[C@H](N)Cc1ccccc1)C(=O)N[C@H](CNC(N)N)C(=O)N1CCCSCC1. The van der Waals surface area contributed by atoms with E-state index in [1.54, 1.807) is 16.7 Å². The standard InChI is InChI=1S/C34H52N8O4S/c1-23(2)20-28(32(45)41-29(22-38-34(36)37)33(46)42-16-9-18-47-19-17-42)40-31(44)27(15-14-24-10-5-3-6-11-24)39-30(43)26(35)21-25-12-7-4-8-13-25/h3-8,10-13,23,26-29,34,38H,9,14-22,35-37H2,1-2H3,(H,39,43)(H,40,44)(H,41,45)/t26-,27-,28-,29-/m1/s1. The molecule has 0 saturated carbocycles. The molecule has 1 fully saturated rings. The van der Waals surface area contributed by atoms with Gasteiger partial charge in [0, 0.05) is 25.4 Å². The lowest BCUT2D eigenvalue weighted by Gasteiger charge is -2.30. The van der Waals surface area contributed by atoms with Gasteiger partial charge in [0.05, 0.1) is 6.04 Å². The van der Waals surface area contributed by atoms with E-state index in [9.17, 15) is 19.2 Å². The highest BCUT2D eigenvalue weighted by Crippen LogP contribution is 2.13. The van der Waals surface area contributed by atoms with Crippen LogP contribution in [0.3, 0.4) is 0 Å². The van der Waals surface area contributed by atoms with Crippen LogP contribution < -0.4 is 38.5 Å². The summed E-state index contributed by atoms with van der Waals surface area (Å²) in [5.41, 5.74) is 19.6. The quantitative estimate of drug-likeness (QED) is 0.117. The number of carbonyl (C=O) groups is 4. The molecule has 1 saturated heterocycles. The van der Waals surface area contributed by atoms with Gasteiger partial charge in [-0.3, -0.25) is 24.5 Å². The summed E-state index contributed by atoms with van der Waals surface area (Å²) in [4.78, 5) is 56.1. The van der Waals surface area contributed by atoms with Gasteiger partial charge in [0.2, 0.25) is 23.6 Å². The maximum absolute atomic E-state index is 13.8. The van der Waals surface area contributed by atoms with Gasteiger partial charge in [0.25, 0.3) is 0 Å². The molecular weight excluding hydrogens is 616 g/mol. The smallest absolute Gasteiger partial charge is 0.246 e. The Bertz CT molecular complexity index is 1260. The summed E-state index contributed by atoms with van der Waals surface area (Å²) in [6.45, 7) is 5.08.